The first-order chi connectivity index (χ1) is 8.81. The van der Waals surface area contributed by atoms with Gasteiger partial charge in [0.15, 0.2) is 0 Å². The van der Waals surface area contributed by atoms with E-state index in [1.165, 1.54) is 38.5 Å². The lowest BCUT2D eigenvalue weighted by atomic mass is 10.0. The normalized spacial score (nSPS) is 15.6. The Morgan fingerprint density at radius 2 is 2.11 bits per heavy atom. The number of hydrogen-bond acceptors (Lipinski definition) is 2. The molecule has 1 fully saturated rings. The highest BCUT2D eigenvalue weighted by atomic mass is 35.5. The molecule has 1 aromatic rings. The van der Waals surface area contributed by atoms with E-state index in [4.69, 9.17) is 16.9 Å². The van der Waals surface area contributed by atoms with Crippen LogP contribution >= 0.6 is 11.6 Å². The van der Waals surface area contributed by atoms with E-state index in [1.54, 1.807) is 6.07 Å². The van der Waals surface area contributed by atoms with Crippen molar-refractivity contribution in [1.82, 2.24) is 0 Å². The van der Waals surface area contributed by atoms with Crippen molar-refractivity contribution in [1.29, 1.82) is 5.26 Å². The van der Waals surface area contributed by atoms with Gasteiger partial charge < -0.3 is 5.32 Å². The van der Waals surface area contributed by atoms with E-state index in [0.29, 0.717) is 10.6 Å². The maximum atomic E-state index is 9.05. The monoisotopic (exact) mass is 262 g/mol. The average molecular weight is 263 g/mol. The molecule has 0 radical (unpaired) electrons. The van der Waals surface area contributed by atoms with Crippen molar-refractivity contribution < 1.29 is 0 Å². The van der Waals surface area contributed by atoms with Gasteiger partial charge in [-0.25, -0.2) is 0 Å². The molecule has 0 saturated heterocycles. The standard InChI is InChI=1S/C15H19ClN2/c16-14-8-3-9-15(13(14)11-17)18-10-4-7-12-5-1-2-6-12/h3,8-9,12,18H,1-2,4-7,10H2. The highest BCUT2D eigenvalue weighted by Gasteiger charge is 2.14. The molecule has 0 heterocycles. The van der Waals surface area contributed by atoms with Gasteiger partial charge in [-0.05, 0) is 30.9 Å². The highest BCUT2D eigenvalue weighted by molar-refractivity contribution is 6.32. The zero-order valence-corrected chi connectivity index (χ0v) is 11.3. The predicted octanol–water partition coefficient (Wildman–Crippen LogP) is 4.59. The molecule has 1 aromatic carbocycles. The summed E-state index contributed by atoms with van der Waals surface area (Å²) in [7, 11) is 0. The van der Waals surface area contributed by atoms with Crippen LogP contribution in [0, 0.1) is 17.2 Å². The fourth-order valence-electron chi connectivity index (χ4n) is 2.70. The van der Waals surface area contributed by atoms with Gasteiger partial charge in [-0.15, -0.1) is 0 Å². The molecule has 96 valence electrons. The van der Waals surface area contributed by atoms with E-state index >= 15 is 0 Å². The molecule has 1 aliphatic rings. The van der Waals surface area contributed by atoms with Crippen LogP contribution in [0.25, 0.3) is 0 Å². The van der Waals surface area contributed by atoms with Crippen LogP contribution in [0.1, 0.15) is 44.1 Å². The van der Waals surface area contributed by atoms with Crippen molar-refractivity contribution in [2.75, 3.05) is 11.9 Å². The summed E-state index contributed by atoms with van der Waals surface area (Å²) < 4.78 is 0. The Labute approximate surface area is 114 Å². The third kappa shape index (κ3) is 3.40. The van der Waals surface area contributed by atoms with Gasteiger partial charge in [0.05, 0.1) is 16.3 Å². The van der Waals surface area contributed by atoms with E-state index in [0.717, 1.165) is 18.2 Å². The van der Waals surface area contributed by atoms with E-state index in [9.17, 15) is 0 Å². The topological polar surface area (TPSA) is 35.8 Å². The lowest BCUT2D eigenvalue weighted by molar-refractivity contribution is 0.491. The Balaban J connectivity index is 1.79. The Morgan fingerprint density at radius 3 is 2.83 bits per heavy atom. The van der Waals surface area contributed by atoms with Crippen LogP contribution in [0.3, 0.4) is 0 Å². The van der Waals surface area contributed by atoms with Crippen molar-refractivity contribution in [2.24, 2.45) is 5.92 Å². The molecular weight excluding hydrogens is 244 g/mol. The Kier molecular flexibility index (Phi) is 4.90. The van der Waals surface area contributed by atoms with Crippen molar-refractivity contribution in [3.8, 4) is 6.07 Å². The van der Waals surface area contributed by atoms with Gasteiger partial charge >= 0.3 is 0 Å². The highest BCUT2D eigenvalue weighted by Crippen LogP contribution is 2.28. The van der Waals surface area contributed by atoms with Crippen LogP contribution in [0.4, 0.5) is 5.69 Å². The molecule has 0 spiro atoms. The van der Waals surface area contributed by atoms with Crippen LogP contribution in [-0.2, 0) is 0 Å². The van der Waals surface area contributed by atoms with Crippen LogP contribution < -0.4 is 5.32 Å². The van der Waals surface area contributed by atoms with Gasteiger partial charge in [0, 0.05) is 6.54 Å². The van der Waals surface area contributed by atoms with E-state index in [-0.39, 0.29) is 0 Å². The minimum atomic E-state index is 0.526. The minimum Gasteiger partial charge on any atom is -0.384 e. The molecule has 18 heavy (non-hydrogen) atoms. The van der Waals surface area contributed by atoms with E-state index < -0.39 is 0 Å². The third-order valence-corrected chi connectivity index (χ3v) is 4.02. The number of halogens is 1. The fraction of sp³-hybridized carbons (Fsp3) is 0.533. The largest absolute Gasteiger partial charge is 0.384 e. The van der Waals surface area contributed by atoms with Crippen LogP contribution in [-0.4, -0.2) is 6.54 Å². The van der Waals surface area contributed by atoms with Crippen molar-refractivity contribution in [3.63, 3.8) is 0 Å². The van der Waals surface area contributed by atoms with E-state index in [1.807, 2.05) is 12.1 Å². The van der Waals surface area contributed by atoms with Crippen LogP contribution in [0.2, 0.25) is 5.02 Å². The van der Waals surface area contributed by atoms with Crippen LogP contribution in [0.5, 0.6) is 0 Å². The van der Waals surface area contributed by atoms with Gasteiger partial charge in [0.25, 0.3) is 0 Å². The maximum absolute atomic E-state index is 9.05. The van der Waals surface area contributed by atoms with Gasteiger partial charge in [-0.3, -0.25) is 0 Å². The van der Waals surface area contributed by atoms with Crippen molar-refractivity contribution in [2.45, 2.75) is 38.5 Å². The summed E-state index contributed by atoms with van der Waals surface area (Å²) in [4.78, 5) is 0. The summed E-state index contributed by atoms with van der Waals surface area (Å²) in [5, 5.41) is 12.9. The second kappa shape index (κ2) is 6.66. The summed E-state index contributed by atoms with van der Waals surface area (Å²) in [5.74, 6) is 0.932. The molecule has 0 aromatic heterocycles. The predicted molar refractivity (Wildman–Crippen MR) is 75.8 cm³/mol. The Hall–Kier alpha value is -1.20. The second-order valence-corrected chi connectivity index (χ2v) is 5.40. The molecule has 0 amide bonds. The molecule has 3 heteroatoms. The van der Waals surface area contributed by atoms with E-state index in [2.05, 4.69) is 11.4 Å². The fourth-order valence-corrected chi connectivity index (χ4v) is 2.91. The zero-order valence-electron chi connectivity index (χ0n) is 10.6. The first kappa shape index (κ1) is 13.2. The maximum Gasteiger partial charge on any atom is 0.103 e. The summed E-state index contributed by atoms with van der Waals surface area (Å²) >= 11 is 5.98. The second-order valence-electron chi connectivity index (χ2n) is 4.99. The minimum absolute atomic E-state index is 0.526. The molecule has 0 unspecified atom stereocenters. The quantitative estimate of drug-likeness (QED) is 0.788. The Morgan fingerprint density at radius 1 is 1.33 bits per heavy atom. The molecule has 0 aliphatic heterocycles. The zero-order chi connectivity index (χ0) is 12.8. The number of nitriles is 1. The molecule has 0 bridgehead atoms. The summed E-state index contributed by atoms with van der Waals surface area (Å²) in [6.45, 7) is 0.922. The number of nitrogens with zero attached hydrogens (tertiary/aromatic N) is 1. The summed E-state index contributed by atoms with van der Waals surface area (Å²) in [5.41, 5.74) is 1.41. The lowest BCUT2D eigenvalue weighted by Gasteiger charge is -2.11. The molecular formula is C15H19ClN2. The molecule has 1 saturated carbocycles. The molecule has 2 nitrogen and oxygen atoms in total. The van der Waals surface area contributed by atoms with Gasteiger partial charge in [0.2, 0.25) is 0 Å². The number of anilines is 1. The summed E-state index contributed by atoms with van der Waals surface area (Å²) in [6.07, 6.45) is 8.09. The Bertz CT molecular complexity index is 431. The smallest absolute Gasteiger partial charge is 0.103 e. The third-order valence-electron chi connectivity index (χ3n) is 3.70. The first-order valence-corrected chi connectivity index (χ1v) is 7.11. The van der Waals surface area contributed by atoms with Gasteiger partial charge in [-0.2, -0.15) is 5.26 Å². The molecule has 1 N–H and O–H groups in total. The number of rotatable bonds is 5. The van der Waals surface area contributed by atoms with Crippen molar-refractivity contribution >= 4 is 17.3 Å². The first-order valence-electron chi connectivity index (χ1n) is 6.73. The molecule has 1 aliphatic carbocycles. The van der Waals surface area contributed by atoms with Gasteiger partial charge in [0.1, 0.15) is 6.07 Å². The molecule has 2 rings (SSSR count). The number of nitrogens with one attached hydrogen (secondary N) is 1. The SMILES string of the molecule is N#Cc1c(Cl)cccc1NCCCC1CCCC1. The summed E-state index contributed by atoms with van der Waals surface area (Å²) in [6, 6.07) is 7.70. The van der Waals surface area contributed by atoms with Crippen molar-refractivity contribution in [3.05, 3.63) is 28.8 Å². The molecule has 0 atom stereocenters. The number of benzene rings is 1. The van der Waals surface area contributed by atoms with Gasteiger partial charge in [-0.1, -0.05) is 43.4 Å². The lowest BCUT2D eigenvalue weighted by Crippen LogP contribution is -2.05. The average Bonchev–Trinajstić information content (AvgIpc) is 2.88. The number of hydrogen-bond donors (Lipinski definition) is 1. The van der Waals surface area contributed by atoms with Crippen LogP contribution in [0.15, 0.2) is 18.2 Å².